The second-order valence-electron chi connectivity index (χ2n) is 5.51. The normalized spacial score (nSPS) is 16.3. The maximum atomic E-state index is 12.3. The summed E-state index contributed by atoms with van der Waals surface area (Å²) in [4.78, 5) is 14.0. The monoisotopic (exact) mass is 262 g/mol. The van der Waals surface area contributed by atoms with Gasteiger partial charge in [0.15, 0.2) is 0 Å². The van der Waals surface area contributed by atoms with Gasteiger partial charge in [-0.2, -0.15) is 0 Å². The van der Waals surface area contributed by atoms with Crippen LogP contribution in [0.5, 0.6) is 5.75 Å². The third kappa shape index (κ3) is 2.89. The standard InChI is InChI=1S/C15H22N2O2/c1-11(2)19-13-6-4-12(5-7-13)17(3)14(18)15(10-16)8-9-15/h4-7,11H,8-10,16H2,1-3H3. The minimum absolute atomic E-state index is 0.118. The predicted molar refractivity (Wildman–Crippen MR) is 76.3 cm³/mol. The van der Waals surface area contributed by atoms with Crippen LogP contribution in [0.15, 0.2) is 24.3 Å². The van der Waals surface area contributed by atoms with Crippen LogP contribution in [-0.2, 0) is 4.79 Å². The van der Waals surface area contributed by atoms with Crippen LogP contribution in [0.1, 0.15) is 26.7 Å². The van der Waals surface area contributed by atoms with Crippen LogP contribution in [0.3, 0.4) is 0 Å². The Morgan fingerprint density at radius 1 is 1.37 bits per heavy atom. The number of benzene rings is 1. The van der Waals surface area contributed by atoms with E-state index in [4.69, 9.17) is 10.5 Å². The van der Waals surface area contributed by atoms with Crippen LogP contribution in [0, 0.1) is 5.41 Å². The van der Waals surface area contributed by atoms with E-state index < -0.39 is 0 Å². The Morgan fingerprint density at radius 3 is 2.37 bits per heavy atom. The fraction of sp³-hybridized carbons (Fsp3) is 0.533. The van der Waals surface area contributed by atoms with Gasteiger partial charge in [-0.1, -0.05) is 0 Å². The number of rotatable bonds is 5. The maximum Gasteiger partial charge on any atom is 0.234 e. The molecule has 4 nitrogen and oxygen atoms in total. The molecule has 2 rings (SSSR count). The minimum Gasteiger partial charge on any atom is -0.491 e. The fourth-order valence-electron chi connectivity index (χ4n) is 2.15. The SMILES string of the molecule is CC(C)Oc1ccc(N(C)C(=O)C2(CN)CC2)cc1. The van der Waals surface area contributed by atoms with Crippen molar-refractivity contribution in [2.24, 2.45) is 11.1 Å². The second-order valence-corrected chi connectivity index (χ2v) is 5.51. The molecule has 4 heteroatoms. The lowest BCUT2D eigenvalue weighted by molar-refractivity contribution is -0.123. The Hall–Kier alpha value is -1.55. The van der Waals surface area contributed by atoms with Crippen LogP contribution < -0.4 is 15.4 Å². The summed E-state index contributed by atoms with van der Waals surface area (Å²) in [7, 11) is 1.80. The quantitative estimate of drug-likeness (QED) is 0.885. The van der Waals surface area contributed by atoms with E-state index in [9.17, 15) is 4.79 Å². The van der Waals surface area contributed by atoms with E-state index in [-0.39, 0.29) is 17.4 Å². The van der Waals surface area contributed by atoms with Crippen molar-refractivity contribution < 1.29 is 9.53 Å². The van der Waals surface area contributed by atoms with Crippen molar-refractivity contribution in [2.75, 3.05) is 18.5 Å². The molecule has 0 bridgehead atoms. The number of carbonyl (C=O) groups is 1. The zero-order valence-corrected chi connectivity index (χ0v) is 11.8. The zero-order valence-electron chi connectivity index (χ0n) is 11.8. The van der Waals surface area contributed by atoms with Crippen molar-refractivity contribution in [3.8, 4) is 5.75 Å². The highest BCUT2D eigenvalue weighted by molar-refractivity contribution is 5.99. The van der Waals surface area contributed by atoms with Crippen LogP contribution in [0.25, 0.3) is 0 Å². The molecule has 2 N–H and O–H groups in total. The summed E-state index contributed by atoms with van der Waals surface area (Å²) < 4.78 is 5.59. The molecule has 19 heavy (non-hydrogen) atoms. The Kier molecular flexibility index (Phi) is 3.80. The third-order valence-corrected chi connectivity index (χ3v) is 3.60. The molecule has 0 aliphatic heterocycles. The molecule has 1 aliphatic rings. The van der Waals surface area contributed by atoms with Gasteiger partial charge in [0.25, 0.3) is 0 Å². The van der Waals surface area contributed by atoms with Crippen LogP contribution >= 0.6 is 0 Å². The summed E-state index contributed by atoms with van der Waals surface area (Å²) >= 11 is 0. The van der Waals surface area contributed by atoms with Crippen LogP contribution in [-0.4, -0.2) is 25.6 Å². The predicted octanol–water partition coefficient (Wildman–Crippen LogP) is 2.18. The van der Waals surface area contributed by atoms with Crippen LogP contribution in [0.4, 0.5) is 5.69 Å². The van der Waals surface area contributed by atoms with Crippen LogP contribution in [0.2, 0.25) is 0 Å². The van der Waals surface area contributed by atoms with Crippen molar-refractivity contribution in [3.05, 3.63) is 24.3 Å². The number of nitrogens with two attached hydrogens (primary N) is 1. The maximum absolute atomic E-state index is 12.3. The highest BCUT2D eigenvalue weighted by atomic mass is 16.5. The molecule has 104 valence electrons. The van der Waals surface area contributed by atoms with Gasteiger partial charge in [-0.3, -0.25) is 4.79 Å². The Morgan fingerprint density at radius 2 is 1.95 bits per heavy atom. The highest BCUT2D eigenvalue weighted by Gasteiger charge is 2.50. The number of carbonyl (C=O) groups excluding carboxylic acids is 1. The van der Waals surface area contributed by atoms with Gasteiger partial charge >= 0.3 is 0 Å². The fourth-order valence-corrected chi connectivity index (χ4v) is 2.15. The lowest BCUT2D eigenvalue weighted by Gasteiger charge is -2.23. The van der Waals surface area contributed by atoms with Crippen molar-refractivity contribution in [2.45, 2.75) is 32.8 Å². The molecule has 0 radical (unpaired) electrons. The van der Waals surface area contributed by atoms with Gasteiger partial charge in [-0.15, -0.1) is 0 Å². The summed E-state index contributed by atoms with van der Waals surface area (Å²) in [6, 6.07) is 7.59. The van der Waals surface area contributed by atoms with E-state index in [2.05, 4.69) is 0 Å². The summed E-state index contributed by atoms with van der Waals surface area (Å²) in [5.74, 6) is 0.937. The summed E-state index contributed by atoms with van der Waals surface area (Å²) in [6.07, 6.45) is 1.96. The number of anilines is 1. The average Bonchev–Trinajstić information content (AvgIpc) is 3.18. The summed E-state index contributed by atoms with van der Waals surface area (Å²) in [5, 5.41) is 0. The number of hydrogen-bond acceptors (Lipinski definition) is 3. The van der Waals surface area contributed by atoms with E-state index >= 15 is 0 Å². The molecule has 0 atom stereocenters. The number of hydrogen-bond donors (Lipinski definition) is 1. The van der Waals surface area contributed by atoms with Gasteiger partial charge < -0.3 is 15.4 Å². The van der Waals surface area contributed by atoms with E-state index in [1.165, 1.54) is 0 Å². The van der Waals surface area contributed by atoms with Gasteiger partial charge in [0.1, 0.15) is 5.75 Å². The van der Waals surface area contributed by atoms with Crippen molar-refractivity contribution >= 4 is 11.6 Å². The number of ether oxygens (including phenoxy) is 1. The summed E-state index contributed by atoms with van der Waals surface area (Å²) in [6.45, 7) is 4.41. The van der Waals surface area contributed by atoms with Gasteiger partial charge in [0.05, 0.1) is 11.5 Å². The molecule has 0 aromatic heterocycles. The lowest BCUT2D eigenvalue weighted by Crippen LogP contribution is -2.38. The molecule has 0 saturated heterocycles. The Bertz CT molecular complexity index is 450. The molecule has 1 saturated carbocycles. The number of nitrogens with zero attached hydrogens (tertiary/aromatic N) is 1. The first-order chi connectivity index (χ1) is 8.98. The molecule has 0 unspecified atom stereocenters. The zero-order chi connectivity index (χ0) is 14.0. The van der Waals surface area contributed by atoms with Crippen molar-refractivity contribution in [1.29, 1.82) is 0 Å². The first-order valence-corrected chi connectivity index (χ1v) is 6.73. The van der Waals surface area contributed by atoms with E-state index in [1.54, 1.807) is 11.9 Å². The second kappa shape index (κ2) is 5.21. The number of amides is 1. The molecule has 1 aliphatic carbocycles. The van der Waals surface area contributed by atoms with Gasteiger partial charge in [-0.05, 0) is 51.0 Å². The van der Waals surface area contributed by atoms with Gasteiger partial charge in [0.2, 0.25) is 5.91 Å². The third-order valence-electron chi connectivity index (χ3n) is 3.60. The van der Waals surface area contributed by atoms with E-state index in [0.717, 1.165) is 24.3 Å². The molecule has 0 spiro atoms. The smallest absolute Gasteiger partial charge is 0.234 e. The molecule has 1 fully saturated rings. The lowest BCUT2D eigenvalue weighted by atomic mass is 10.1. The Balaban J connectivity index is 2.07. The first-order valence-electron chi connectivity index (χ1n) is 6.73. The topological polar surface area (TPSA) is 55.6 Å². The molecule has 1 aromatic rings. The minimum atomic E-state index is -0.304. The van der Waals surface area contributed by atoms with Crippen molar-refractivity contribution in [1.82, 2.24) is 0 Å². The van der Waals surface area contributed by atoms with Gasteiger partial charge in [-0.25, -0.2) is 0 Å². The summed E-state index contributed by atoms with van der Waals surface area (Å²) in [5.41, 5.74) is 6.27. The highest BCUT2D eigenvalue weighted by Crippen LogP contribution is 2.46. The van der Waals surface area contributed by atoms with Gasteiger partial charge in [0, 0.05) is 19.3 Å². The van der Waals surface area contributed by atoms with E-state index in [1.807, 2.05) is 38.1 Å². The first kappa shape index (κ1) is 13.9. The van der Waals surface area contributed by atoms with E-state index in [0.29, 0.717) is 6.54 Å². The van der Waals surface area contributed by atoms with Crippen molar-refractivity contribution in [3.63, 3.8) is 0 Å². The largest absolute Gasteiger partial charge is 0.491 e. The molecule has 1 amide bonds. The molecule has 0 heterocycles. The Labute approximate surface area is 114 Å². The molecule has 1 aromatic carbocycles. The molecular weight excluding hydrogens is 240 g/mol. The molecular formula is C15H22N2O2. The average molecular weight is 262 g/mol.